The maximum absolute atomic E-state index is 13.0. The molecule has 0 N–H and O–H groups in total. The van der Waals surface area contributed by atoms with Gasteiger partial charge in [-0.25, -0.2) is 0 Å². The summed E-state index contributed by atoms with van der Waals surface area (Å²) in [5.41, 5.74) is -0.756. The fraction of sp³-hybridized carbons (Fsp3) is 0.983. The third-order valence-corrected chi connectivity index (χ3v) is 14.2. The van der Waals surface area contributed by atoms with Crippen LogP contribution in [0.2, 0.25) is 0 Å². The molecule has 6 heteroatoms. The SMILES string of the molecule is CCCCCCCCCCCCCCCCCOCC(COCCCCCCCCCCCCCCCC)(COC(=O)CCCCCBr)OCCCCCCCCCCCCCCCC. The van der Waals surface area contributed by atoms with Crippen LogP contribution in [-0.4, -0.2) is 56.5 Å². The summed E-state index contributed by atoms with van der Waals surface area (Å²) < 4.78 is 25.6. The van der Waals surface area contributed by atoms with Gasteiger partial charge in [-0.2, -0.15) is 0 Å². The number of hydrogen-bond acceptors (Lipinski definition) is 5. The lowest BCUT2D eigenvalue weighted by Gasteiger charge is -2.33. The molecule has 0 aliphatic carbocycles. The van der Waals surface area contributed by atoms with Crippen LogP contribution in [0.5, 0.6) is 0 Å². The van der Waals surface area contributed by atoms with Crippen LogP contribution in [0.4, 0.5) is 0 Å². The van der Waals surface area contributed by atoms with Crippen molar-refractivity contribution in [2.24, 2.45) is 0 Å². The lowest BCUT2D eigenvalue weighted by molar-refractivity contribution is -0.179. The second-order valence-electron chi connectivity index (χ2n) is 20.4. The molecule has 5 nitrogen and oxygen atoms in total. The Bertz CT molecular complexity index is 887. The van der Waals surface area contributed by atoms with Gasteiger partial charge in [0.2, 0.25) is 0 Å². The number of carbonyl (C=O) groups is 1. The molecule has 0 heterocycles. The van der Waals surface area contributed by atoms with Gasteiger partial charge in [-0.05, 0) is 32.1 Å². The Balaban J connectivity index is 4.86. The minimum Gasteiger partial charge on any atom is -0.462 e. The molecular formula is C59H117BrO5. The van der Waals surface area contributed by atoms with Gasteiger partial charge < -0.3 is 18.9 Å². The van der Waals surface area contributed by atoms with Crippen LogP contribution >= 0.6 is 15.9 Å². The number of esters is 1. The molecule has 0 fully saturated rings. The van der Waals surface area contributed by atoms with Crippen molar-refractivity contribution in [2.45, 2.75) is 328 Å². The number of rotatable bonds is 58. The van der Waals surface area contributed by atoms with Gasteiger partial charge in [-0.3, -0.25) is 4.79 Å². The minimum absolute atomic E-state index is 0.126. The third kappa shape index (κ3) is 51.5. The summed E-state index contributed by atoms with van der Waals surface area (Å²) in [7, 11) is 0. The molecule has 0 bridgehead atoms. The van der Waals surface area contributed by atoms with Gasteiger partial charge in [-0.1, -0.05) is 300 Å². The van der Waals surface area contributed by atoms with E-state index in [0.717, 1.165) is 57.1 Å². The van der Waals surface area contributed by atoms with Crippen molar-refractivity contribution in [3.63, 3.8) is 0 Å². The van der Waals surface area contributed by atoms with E-state index in [-0.39, 0.29) is 12.6 Å². The first kappa shape index (κ1) is 64.8. The predicted octanol–water partition coefficient (Wildman–Crippen LogP) is 20.1. The Morgan fingerprint density at radius 3 is 0.877 bits per heavy atom. The van der Waals surface area contributed by atoms with Crippen LogP contribution in [0.3, 0.4) is 0 Å². The van der Waals surface area contributed by atoms with Crippen molar-refractivity contribution >= 4 is 21.9 Å². The third-order valence-electron chi connectivity index (χ3n) is 13.7. The standard InChI is InChI=1S/C59H117BrO5/c1-4-7-10-13-16-19-22-25-28-30-33-36-39-42-48-53-63-56-59(57-64-58(61)50-45-44-46-51-60,65-54-49-43-40-37-34-31-27-24-21-18-15-12-9-6-3)55-62-52-47-41-38-35-32-29-26-23-20-17-14-11-8-5-2/h4-57H2,1-3H3. The van der Waals surface area contributed by atoms with Crippen molar-refractivity contribution in [2.75, 3.05) is 45.0 Å². The molecule has 0 aromatic heterocycles. The Kier molecular flexibility index (Phi) is 56.3. The highest BCUT2D eigenvalue weighted by Gasteiger charge is 2.34. The zero-order valence-electron chi connectivity index (χ0n) is 44.6. The maximum Gasteiger partial charge on any atom is 0.305 e. The summed E-state index contributed by atoms with van der Waals surface area (Å²) in [4.78, 5) is 13.0. The van der Waals surface area contributed by atoms with Gasteiger partial charge >= 0.3 is 5.97 Å². The van der Waals surface area contributed by atoms with E-state index in [0.29, 0.717) is 26.2 Å². The van der Waals surface area contributed by atoms with E-state index < -0.39 is 5.60 Å². The first-order valence-corrected chi connectivity index (χ1v) is 30.8. The summed E-state index contributed by atoms with van der Waals surface area (Å²) in [6, 6.07) is 0. The van der Waals surface area contributed by atoms with E-state index in [1.54, 1.807) is 0 Å². The molecule has 390 valence electrons. The van der Waals surface area contributed by atoms with Gasteiger partial charge in [-0.15, -0.1) is 0 Å². The Hall–Kier alpha value is -0.170. The second-order valence-corrected chi connectivity index (χ2v) is 21.2. The maximum atomic E-state index is 13.0. The predicted molar refractivity (Wildman–Crippen MR) is 289 cm³/mol. The molecule has 1 atom stereocenters. The molecule has 0 aliphatic heterocycles. The van der Waals surface area contributed by atoms with Crippen LogP contribution < -0.4 is 0 Å². The molecule has 0 aliphatic rings. The van der Waals surface area contributed by atoms with Crippen molar-refractivity contribution in [3.8, 4) is 0 Å². The van der Waals surface area contributed by atoms with Crippen molar-refractivity contribution < 1.29 is 23.7 Å². The fourth-order valence-electron chi connectivity index (χ4n) is 9.15. The van der Waals surface area contributed by atoms with Crippen molar-refractivity contribution in [1.82, 2.24) is 0 Å². The van der Waals surface area contributed by atoms with Gasteiger partial charge in [0, 0.05) is 31.6 Å². The Labute approximate surface area is 416 Å². The van der Waals surface area contributed by atoms with Gasteiger partial charge in [0.1, 0.15) is 12.2 Å². The average molecular weight is 986 g/mol. The highest BCUT2D eigenvalue weighted by Crippen LogP contribution is 2.20. The largest absolute Gasteiger partial charge is 0.462 e. The van der Waals surface area contributed by atoms with Crippen LogP contribution in [0.25, 0.3) is 0 Å². The Morgan fingerprint density at radius 1 is 0.323 bits per heavy atom. The lowest BCUT2D eigenvalue weighted by atomic mass is 10.0. The summed E-state index contributed by atoms with van der Waals surface area (Å²) in [6.45, 7) is 10.0. The topological polar surface area (TPSA) is 54.0 Å². The lowest BCUT2D eigenvalue weighted by Crippen LogP contribution is -2.48. The fourth-order valence-corrected chi connectivity index (χ4v) is 9.55. The molecular weight excluding hydrogens is 869 g/mol. The van der Waals surface area contributed by atoms with E-state index in [9.17, 15) is 4.79 Å². The van der Waals surface area contributed by atoms with Crippen molar-refractivity contribution in [3.05, 3.63) is 0 Å². The van der Waals surface area contributed by atoms with Gasteiger partial charge in [0.25, 0.3) is 0 Å². The minimum atomic E-state index is -0.756. The summed E-state index contributed by atoms with van der Waals surface area (Å²) >= 11 is 3.52. The smallest absolute Gasteiger partial charge is 0.305 e. The second kappa shape index (κ2) is 56.4. The van der Waals surface area contributed by atoms with Crippen LogP contribution in [0.1, 0.15) is 323 Å². The number of hydrogen-bond donors (Lipinski definition) is 0. The van der Waals surface area contributed by atoms with E-state index >= 15 is 0 Å². The first-order valence-electron chi connectivity index (χ1n) is 29.6. The monoisotopic (exact) mass is 985 g/mol. The number of unbranched alkanes of at least 4 members (excludes halogenated alkanes) is 42. The van der Waals surface area contributed by atoms with Gasteiger partial charge in [0.05, 0.1) is 13.2 Å². The van der Waals surface area contributed by atoms with Crippen LogP contribution in [0.15, 0.2) is 0 Å². The van der Waals surface area contributed by atoms with Gasteiger partial charge in [0.15, 0.2) is 0 Å². The molecule has 0 rings (SSSR count). The van der Waals surface area contributed by atoms with Crippen LogP contribution in [0, 0.1) is 0 Å². The van der Waals surface area contributed by atoms with Crippen LogP contribution in [-0.2, 0) is 23.7 Å². The van der Waals surface area contributed by atoms with E-state index in [1.165, 1.54) is 257 Å². The number of halogens is 1. The molecule has 1 unspecified atom stereocenters. The highest BCUT2D eigenvalue weighted by molar-refractivity contribution is 9.09. The van der Waals surface area contributed by atoms with E-state index in [4.69, 9.17) is 18.9 Å². The van der Waals surface area contributed by atoms with E-state index in [1.807, 2.05) is 0 Å². The van der Waals surface area contributed by atoms with E-state index in [2.05, 4.69) is 36.7 Å². The zero-order chi connectivity index (χ0) is 47.1. The van der Waals surface area contributed by atoms with Crippen molar-refractivity contribution in [1.29, 1.82) is 0 Å². The summed E-state index contributed by atoms with van der Waals surface area (Å²) in [6.07, 6.45) is 61.5. The molecule has 0 radical (unpaired) electrons. The quantitative estimate of drug-likeness (QED) is 0.0345. The number of ether oxygens (including phenoxy) is 4. The molecule has 0 spiro atoms. The summed E-state index contributed by atoms with van der Waals surface area (Å²) in [5.74, 6) is -0.126. The molecule has 0 saturated carbocycles. The summed E-state index contributed by atoms with van der Waals surface area (Å²) in [5, 5.41) is 0.978. The number of carbonyl (C=O) groups excluding carboxylic acids is 1. The average Bonchev–Trinajstić information content (AvgIpc) is 3.31. The Morgan fingerprint density at radius 2 is 0.585 bits per heavy atom. The highest BCUT2D eigenvalue weighted by atomic mass is 79.9. The molecule has 0 amide bonds. The molecule has 0 aromatic rings. The molecule has 65 heavy (non-hydrogen) atoms. The first-order chi connectivity index (χ1) is 32.1. The zero-order valence-corrected chi connectivity index (χ0v) is 46.2. The number of alkyl halides is 1. The normalized spacial score (nSPS) is 12.6. The molecule has 0 aromatic carbocycles. The molecule has 0 saturated heterocycles.